The van der Waals surface area contributed by atoms with E-state index in [1.807, 2.05) is 12.1 Å². The summed E-state index contributed by atoms with van der Waals surface area (Å²) in [6.07, 6.45) is 7.57. The predicted octanol–water partition coefficient (Wildman–Crippen LogP) is 6.49. The van der Waals surface area contributed by atoms with Crippen LogP contribution in [0.5, 0.6) is 5.75 Å². The summed E-state index contributed by atoms with van der Waals surface area (Å²) in [7, 11) is 0. The molecule has 1 aliphatic rings. The molecule has 3 nitrogen and oxygen atoms in total. The summed E-state index contributed by atoms with van der Waals surface area (Å²) in [5, 5.41) is 11.3. The van der Waals surface area contributed by atoms with Gasteiger partial charge in [0.1, 0.15) is 12.4 Å². The van der Waals surface area contributed by atoms with Gasteiger partial charge >= 0.3 is 5.97 Å². The van der Waals surface area contributed by atoms with E-state index in [9.17, 15) is 4.79 Å². The van der Waals surface area contributed by atoms with E-state index in [-0.39, 0.29) is 11.0 Å². The van der Waals surface area contributed by atoms with E-state index < -0.39 is 5.97 Å². The van der Waals surface area contributed by atoms with Crippen molar-refractivity contribution in [1.82, 2.24) is 0 Å². The van der Waals surface area contributed by atoms with Crippen molar-refractivity contribution in [3.05, 3.63) is 95.6 Å². The summed E-state index contributed by atoms with van der Waals surface area (Å²) in [5.74, 6) is -0.0810. The Hall–Kier alpha value is -3.33. The Morgan fingerprint density at radius 1 is 1.03 bits per heavy atom. The summed E-state index contributed by atoms with van der Waals surface area (Å²) in [4.78, 5) is 11.0. The molecule has 146 valence electrons. The van der Waals surface area contributed by atoms with Crippen LogP contribution < -0.4 is 4.74 Å². The summed E-state index contributed by atoms with van der Waals surface area (Å²) in [6, 6.07) is 19.3. The Morgan fingerprint density at radius 2 is 1.76 bits per heavy atom. The van der Waals surface area contributed by atoms with Gasteiger partial charge in [-0.05, 0) is 52.1 Å². The zero-order valence-corrected chi connectivity index (χ0v) is 16.7. The molecule has 0 saturated carbocycles. The number of hydrogen-bond donors (Lipinski definition) is 1. The molecule has 0 aliphatic heterocycles. The zero-order valence-electron chi connectivity index (χ0n) is 16.7. The van der Waals surface area contributed by atoms with E-state index in [0.29, 0.717) is 6.61 Å². The number of carboxylic acids is 1. The van der Waals surface area contributed by atoms with Gasteiger partial charge in [-0.2, -0.15) is 0 Å². The minimum absolute atomic E-state index is 0.133. The third-order valence-corrected chi connectivity index (χ3v) is 5.30. The van der Waals surface area contributed by atoms with Gasteiger partial charge in [0.2, 0.25) is 0 Å². The van der Waals surface area contributed by atoms with Gasteiger partial charge in [0, 0.05) is 5.39 Å². The molecule has 3 heteroatoms. The first-order chi connectivity index (χ1) is 13.9. The fourth-order valence-corrected chi connectivity index (χ4v) is 3.82. The lowest BCUT2D eigenvalue weighted by molar-refractivity contribution is 0.0697. The molecule has 29 heavy (non-hydrogen) atoms. The number of hydrogen-bond acceptors (Lipinski definition) is 2. The van der Waals surface area contributed by atoms with Gasteiger partial charge in [-0.1, -0.05) is 74.5 Å². The third-order valence-electron chi connectivity index (χ3n) is 5.30. The molecule has 0 aromatic heterocycles. The van der Waals surface area contributed by atoms with E-state index in [0.717, 1.165) is 28.5 Å². The average molecular weight is 384 g/mol. The zero-order chi connectivity index (χ0) is 20.4. The number of carboxylic acid groups (broad SMARTS) is 1. The predicted molar refractivity (Wildman–Crippen MR) is 117 cm³/mol. The molecule has 0 fully saturated rings. The second-order valence-corrected chi connectivity index (χ2v) is 8.17. The normalized spacial score (nSPS) is 15.2. The largest absolute Gasteiger partial charge is 0.488 e. The van der Waals surface area contributed by atoms with Crippen LogP contribution in [0, 0.1) is 5.41 Å². The van der Waals surface area contributed by atoms with Crippen molar-refractivity contribution in [1.29, 1.82) is 0 Å². The Labute approximate surface area is 171 Å². The van der Waals surface area contributed by atoms with Crippen molar-refractivity contribution in [3.8, 4) is 5.75 Å². The van der Waals surface area contributed by atoms with Gasteiger partial charge in [-0.25, -0.2) is 4.79 Å². The smallest absolute Gasteiger partial charge is 0.335 e. The number of ether oxygens (including phenoxy) is 1. The highest BCUT2D eigenvalue weighted by Crippen LogP contribution is 2.40. The Bertz CT molecular complexity index is 1110. The van der Waals surface area contributed by atoms with Crippen molar-refractivity contribution < 1.29 is 14.6 Å². The highest BCUT2D eigenvalue weighted by atomic mass is 16.5. The number of fused-ring (bicyclic) bond motifs is 1. The van der Waals surface area contributed by atoms with Crippen LogP contribution in [-0.2, 0) is 6.61 Å². The first-order valence-electron chi connectivity index (χ1n) is 9.78. The summed E-state index contributed by atoms with van der Waals surface area (Å²) < 4.78 is 6.20. The quantitative estimate of drug-likeness (QED) is 0.547. The molecule has 1 aliphatic carbocycles. The van der Waals surface area contributed by atoms with Gasteiger partial charge in [0.25, 0.3) is 0 Å². The molecule has 0 heterocycles. The van der Waals surface area contributed by atoms with Crippen LogP contribution in [0.3, 0.4) is 0 Å². The van der Waals surface area contributed by atoms with Crippen LogP contribution in [0.25, 0.3) is 16.3 Å². The van der Waals surface area contributed by atoms with Crippen molar-refractivity contribution in [3.63, 3.8) is 0 Å². The van der Waals surface area contributed by atoms with E-state index in [4.69, 9.17) is 9.84 Å². The maximum Gasteiger partial charge on any atom is 0.335 e. The molecule has 0 unspecified atom stereocenters. The second-order valence-electron chi connectivity index (χ2n) is 8.17. The number of allylic oxidation sites excluding steroid dienone is 4. The standard InChI is InChI=1S/C26H24O3/c1-26(2)15-5-8-21(16-26)22-9-3-6-19-7-4-10-23(24(19)22)29-17-18-11-13-20(14-12-18)25(27)28/h3-15H,16-17H2,1-2H3,(H,27,28). The summed E-state index contributed by atoms with van der Waals surface area (Å²) in [6.45, 7) is 4.89. The van der Waals surface area contributed by atoms with Gasteiger partial charge in [-0.15, -0.1) is 0 Å². The minimum Gasteiger partial charge on any atom is -0.488 e. The molecule has 3 aromatic rings. The molecule has 3 aromatic carbocycles. The molecule has 0 spiro atoms. The molecular weight excluding hydrogens is 360 g/mol. The van der Waals surface area contributed by atoms with Crippen LogP contribution in [0.1, 0.15) is 41.8 Å². The molecule has 0 radical (unpaired) electrons. The third kappa shape index (κ3) is 4.09. The van der Waals surface area contributed by atoms with Crippen LogP contribution in [0.15, 0.2) is 78.9 Å². The van der Waals surface area contributed by atoms with Crippen LogP contribution in [-0.4, -0.2) is 11.1 Å². The fourth-order valence-electron chi connectivity index (χ4n) is 3.82. The topological polar surface area (TPSA) is 46.5 Å². The monoisotopic (exact) mass is 384 g/mol. The molecule has 1 N–H and O–H groups in total. The van der Waals surface area contributed by atoms with Crippen LogP contribution >= 0.6 is 0 Å². The fraction of sp³-hybridized carbons (Fsp3) is 0.192. The Balaban J connectivity index is 1.67. The second kappa shape index (κ2) is 7.59. The summed E-state index contributed by atoms with van der Waals surface area (Å²) >= 11 is 0. The first kappa shape index (κ1) is 19.0. The lowest BCUT2D eigenvalue weighted by atomic mass is 9.79. The average Bonchev–Trinajstić information content (AvgIpc) is 2.71. The van der Waals surface area contributed by atoms with Gasteiger partial charge in [0.05, 0.1) is 5.56 Å². The minimum atomic E-state index is -0.922. The Kier molecular flexibility index (Phi) is 4.98. The summed E-state index contributed by atoms with van der Waals surface area (Å²) in [5.41, 5.74) is 3.86. The molecular formula is C26H24O3. The van der Waals surface area contributed by atoms with Crippen molar-refractivity contribution in [2.45, 2.75) is 26.9 Å². The maximum absolute atomic E-state index is 11.0. The van der Waals surface area contributed by atoms with Crippen molar-refractivity contribution >= 4 is 22.3 Å². The van der Waals surface area contributed by atoms with Gasteiger partial charge in [-0.3, -0.25) is 0 Å². The van der Waals surface area contributed by atoms with Crippen molar-refractivity contribution in [2.75, 3.05) is 0 Å². The molecule has 4 rings (SSSR count). The van der Waals surface area contributed by atoms with Crippen LogP contribution in [0.2, 0.25) is 0 Å². The van der Waals surface area contributed by atoms with Gasteiger partial charge < -0.3 is 9.84 Å². The van der Waals surface area contributed by atoms with E-state index in [2.05, 4.69) is 56.3 Å². The van der Waals surface area contributed by atoms with E-state index >= 15 is 0 Å². The highest BCUT2D eigenvalue weighted by Gasteiger charge is 2.21. The molecule has 0 bridgehead atoms. The number of aromatic carboxylic acids is 1. The highest BCUT2D eigenvalue weighted by molar-refractivity contribution is 5.98. The number of benzene rings is 3. The lowest BCUT2D eigenvalue weighted by Crippen LogP contribution is -2.11. The maximum atomic E-state index is 11.0. The molecule has 0 saturated heterocycles. The van der Waals surface area contributed by atoms with Crippen molar-refractivity contribution in [2.24, 2.45) is 5.41 Å². The first-order valence-corrected chi connectivity index (χ1v) is 9.78. The molecule has 0 amide bonds. The van der Waals surface area contributed by atoms with E-state index in [1.165, 1.54) is 11.1 Å². The Morgan fingerprint density at radius 3 is 2.45 bits per heavy atom. The van der Waals surface area contributed by atoms with Crippen LogP contribution in [0.4, 0.5) is 0 Å². The van der Waals surface area contributed by atoms with Gasteiger partial charge in [0.15, 0.2) is 0 Å². The SMILES string of the molecule is CC1(C)C=CC=C(c2cccc3cccc(OCc4ccc(C(=O)O)cc4)c23)C1. The number of rotatable bonds is 5. The molecule has 0 atom stereocenters. The van der Waals surface area contributed by atoms with E-state index in [1.54, 1.807) is 24.3 Å². The number of carbonyl (C=O) groups is 1. The lowest BCUT2D eigenvalue weighted by Gasteiger charge is -2.26.